The normalized spacial score (nSPS) is 16.6. The SMILES string of the molecule is Cc1nn(C)c(CC2(O)Cc3ccccc3C2)c1Cl. The van der Waals surface area contributed by atoms with Crippen molar-refractivity contribution < 1.29 is 5.11 Å². The fourth-order valence-corrected chi connectivity index (χ4v) is 3.21. The third kappa shape index (κ3) is 2.17. The van der Waals surface area contributed by atoms with E-state index in [-0.39, 0.29) is 0 Å². The molecule has 1 aromatic heterocycles. The number of fused-ring (bicyclic) bond motifs is 1. The highest BCUT2D eigenvalue weighted by molar-refractivity contribution is 6.31. The lowest BCUT2D eigenvalue weighted by Gasteiger charge is -2.22. The first-order chi connectivity index (χ1) is 8.98. The van der Waals surface area contributed by atoms with E-state index >= 15 is 0 Å². The van der Waals surface area contributed by atoms with Gasteiger partial charge in [-0.05, 0) is 18.1 Å². The Morgan fingerprint density at radius 3 is 2.37 bits per heavy atom. The minimum Gasteiger partial charge on any atom is -0.389 e. The summed E-state index contributed by atoms with van der Waals surface area (Å²) < 4.78 is 1.78. The molecule has 0 unspecified atom stereocenters. The molecule has 0 radical (unpaired) electrons. The van der Waals surface area contributed by atoms with E-state index in [2.05, 4.69) is 17.2 Å². The maximum Gasteiger partial charge on any atom is 0.0848 e. The molecular formula is C15H17ClN2O. The molecule has 3 nitrogen and oxygen atoms in total. The largest absolute Gasteiger partial charge is 0.389 e. The van der Waals surface area contributed by atoms with Gasteiger partial charge in [0.25, 0.3) is 0 Å². The molecule has 0 atom stereocenters. The van der Waals surface area contributed by atoms with Crippen molar-refractivity contribution in [2.75, 3.05) is 0 Å². The maximum absolute atomic E-state index is 10.8. The average Bonchev–Trinajstić information content (AvgIpc) is 2.81. The van der Waals surface area contributed by atoms with Gasteiger partial charge >= 0.3 is 0 Å². The van der Waals surface area contributed by atoms with Crippen molar-refractivity contribution in [1.82, 2.24) is 9.78 Å². The van der Waals surface area contributed by atoms with Crippen LogP contribution in [0.25, 0.3) is 0 Å². The fraction of sp³-hybridized carbons (Fsp3) is 0.400. The van der Waals surface area contributed by atoms with Crippen LogP contribution in [0.15, 0.2) is 24.3 Å². The Morgan fingerprint density at radius 2 is 1.89 bits per heavy atom. The molecule has 1 N–H and O–H groups in total. The van der Waals surface area contributed by atoms with Gasteiger partial charge in [0.2, 0.25) is 0 Å². The summed E-state index contributed by atoms with van der Waals surface area (Å²) in [5.74, 6) is 0. The number of halogens is 1. The molecule has 2 aromatic rings. The van der Waals surface area contributed by atoms with Crippen molar-refractivity contribution in [3.05, 3.63) is 51.8 Å². The van der Waals surface area contributed by atoms with Crippen LogP contribution in [0, 0.1) is 6.92 Å². The Balaban J connectivity index is 1.89. The van der Waals surface area contributed by atoms with Gasteiger partial charge in [0.05, 0.1) is 22.0 Å². The van der Waals surface area contributed by atoms with Crippen LogP contribution in [0.1, 0.15) is 22.5 Å². The van der Waals surface area contributed by atoms with Gasteiger partial charge in [0.1, 0.15) is 0 Å². The van der Waals surface area contributed by atoms with Gasteiger partial charge in [0.15, 0.2) is 0 Å². The number of hydrogen-bond donors (Lipinski definition) is 1. The molecule has 1 heterocycles. The highest BCUT2D eigenvalue weighted by Crippen LogP contribution is 2.34. The van der Waals surface area contributed by atoms with Crippen LogP contribution < -0.4 is 0 Å². The van der Waals surface area contributed by atoms with Crippen molar-refractivity contribution in [2.24, 2.45) is 7.05 Å². The Kier molecular flexibility index (Phi) is 2.91. The molecule has 0 saturated carbocycles. The van der Waals surface area contributed by atoms with Crippen molar-refractivity contribution in [3.63, 3.8) is 0 Å². The smallest absolute Gasteiger partial charge is 0.0848 e. The van der Waals surface area contributed by atoms with E-state index in [0.29, 0.717) is 24.3 Å². The number of aromatic nitrogens is 2. The molecule has 4 heteroatoms. The highest BCUT2D eigenvalue weighted by atomic mass is 35.5. The van der Waals surface area contributed by atoms with E-state index in [1.54, 1.807) is 4.68 Å². The van der Waals surface area contributed by atoms with E-state index in [1.165, 1.54) is 11.1 Å². The van der Waals surface area contributed by atoms with Crippen molar-refractivity contribution in [1.29, 1.82) is 0 Å². The van der Waals surface area contributed by atoms with E-state index in [1.807, 2.05) is 26.1 Å². The highest BCUT2D eigenvalue weighted by Gasteiger charge is 2.36. The zero-order valence-corrected chi connectivity index (χ0v) is 11.9. The first-order valence-corrected chi connectivity index (χ1v) is 6.83. The zero-order chi connectivity index (χ0) is 13.6. The molecule has 19 heavy (non-hydrogen) atoms. The number of benzene rings is 1. The number of rotatable bonds is 2. The van der Waals surface area contributed by atoms with Crippen LogP contribution in [-0.4, -0.2) is 20.5 Å². The predicted molar refractivity (Wildman–Crippen MR) is 75.5 cm³/mol. The van der Waals surface area contributed by atoms with Gasteiger partial charge in [-0.2, -0.15) is 5.10 Å². The topological polar surface area (TPSA) is 38.0 Å². The van der Waals surface area contributed by atoms with E-state index < -0.39 is 5.60 Å². The molecule has 3 rings (SSSR count). The Labute approximate surface area is 117 Å². The second-order valence-electron chi connectivity index (χ2n) is 5.49. The zero-order valence-electron chi connectivity index (χ0n) is 11.2. The third-order valence-corrected chi connectivity index (χ3v) is 4.41. The minimum atomic E-state index is -0.743. The monoisotopic (exact) mass is 276 g/mol. The molecule has 0 saturated heterocycles. The molecule has 1 aromatic carbocycles. The van der Waals surface area contributed by atoms with E-state index in [4.69, 9.17) is 11.6 Å². The minimum absolute atomic E-state index is 0.540. The third-order valence-electron chi connectivity index (χ3n) is 3.92. The van der Waals surface area contributed by atoms with Gasteiger partial charge < -0.3 is 5.11 Å². The van der Waals surface area contributed by atoms with Gasteiger partial charge in [0, 0.05) is 26.3 Å². The predicted octanol–water partition coefficient (Wildman–Crippen LogP) is 2.45. The standard InChI is InChI=1S/C15H17ClN2O/c1-10-14(16)13(18(2)17-10)9-15(19)7-11-5-3-4-6-12(11)8-15/h3-6,19H,7-9H2,1-2H3. The second-order valence-corrected chi connectivity index (χ2v) is 5.87. The van der Waals surface area contributed by atoms with Crippen molar-refractivity contribution >= 4 is 11.6 Å². The molecular weight excluding hydrogens is 260 g/mol. The lowest BCUT2D eigenvalue weighted by Crippen LogP contribution is -2.33. The van der Waals surface area contributed by atoms with Crippen LogP contribution in [0.3, 0.4) is 0 Å². The molecule has 100 valence electrons. The summed E-state index contributed by atoms with van der Waals surface area (Å²) in [6.07, 6.45) is 1.91. The number of nitrogens with zero attached hydrogens (tertiary/aromatic N) is 2. The molecule has 1 aliphatic carbocycles. The lowest BCUT2D eigenvalue weighted by atomic mass is 9.94. The molecule has 0 spiro atoms. The summed E-state index contributed by atoms with van der Waals surface area (Å²) in [5, 5.41) is 15.8. The number of hydrogen-bond acceptors (Lipinski definition) is 2. The summed E-state index contributed by atoms with van der Waals surface area (Å²) in [6, 6.07) is 8.21. The second kappa shape index (κ2) is 4.36. The van der Waals surface area contributed by atoms with Gasteiger partial charge in [-0.15, -0.1) is 0 Å². The Bertz CT molecular complexity index is 608. The van der Waals surface area contributed by atoms with E-state index in [0.717, 1.165) is 11.4 Å². The van der Waals surface area contributed by atoms with Crippen molar-refractivity contribution in [3.8, 4) is 0 Å². The quantitative estimate of drug-likeness (QED) is 0.915. The Morgan fingerprint density at radius 1 is 1.32 bits per heavy atom. The van der Waals surface area contributed by atoms with Crippen molar-refractivity contribution in [2.45, 2.75) is 31.8 Å². The maximum atomic E-state index is 10.8. The van der Waals surface area contributed by atoms with Gasteiger partial charge in [-0.3, -0.25) is 4.68 Å². The summed E-state index contributed by atoms with van der Waals surface area (Å²) >= 11 is 6.27. The Hall–Kier alpha value is -1.32. The van der Waals surface area contributed by atoms with E-state index in [9.17, 15) is 5.11 Å². The van der Waals surface area contributed by atoms with Crippen LogP contribution >= 0.6 is 11.6 Å². The number of aliphatic hydroxyl groups is 1. The first-order valence-electron chi connectivity index (χ1n) is 6.46. The molecule has 0 bridgehead atoms. The van der Waals surface area contributed by atoms with Gasteiger partial charge in [-0.1, -0.05) is 35.9 Å². The van der Waals surface area contributed by atoms with Crippen LogP contribution in [0.5, 0.6) is 0 Å². The molecule has 0 aliphatic heterocycles. The molecule has 0 amide bonds. The fourth-order valence-electron chi connectivity index (χ4n) is 2.98. The molecule has 1 aliphatic rings. The average molecular weight is 277 g/mol. The van der Waals surface area contributed by atoms with Crippen LogP contribution in [-0.2, 0) is 26.3 Å². The van der Waals surface area contributed by atoms with Crippen LogP contribution in [0.4, 0.5) is 0 Å². The summed E-state index contributed by atoms with van der Waals surface area (Å²) in [5.41, 5.74) is 3.46. The van der Waals surface area contributed by atoms with Crippen LogP contribution in [0.2, 0.25) is 5.02 Å². The first kappa shape index (κ1) is 12.7. The summed E-state index contributed by atoms with van der Waals surface area (Å²) in [4.78, 5) is 0. The molecule has 0 fully saturated rings. The summed E-state index contributed by atoms with van der Waals surface area (Å²) in [6.45, 7) is 1.89. The van der Waals surface area contributed by atoms with Gasteiger partial charge in [-0.25, -0.2) is 0 Å². The summed E-state index contributed by atoms with van der Waals surface area (Å²) in [7, 11) is 1.87. The number of aryl methyl sites for hydroxylation is 2. The lowest BCUT2D eigenvalue weighted by molar-refractivity contribution is 0.0499.